The van der Waals surface area contributed by atoms with Gasteiger partial charge in [-0.2, -0.15) is 0 Å². The van der Waals surface area contributed by atoms with E-state index >= 15 is 0 Å². The van der Waals surface area contributed by atoms with Crippen LogP contribution >= 0.6 is 0 Å². The first-order valence-corrected chi connectivity index (χ1v) is 6.88. The molecule has 0 radical (unpaired) electrons. The van der Waals surface area contributed by atoms with E-state index in [1.165, 1.54) is 19.3 Å². The van der Waals surface area contributed by atoms with Crippen molar-refractivity contribution in [2.45, 2.75) is 45.1 Å². The average Bonchev–Trinajstić information content (AvgIpc) is 2.62. The molecule has 2 aliphatic carbocycles. The van der Waals surface area contributed by atoms with E-state index in [1.807, 2.05) is 6.92 Å². The molecule has 0 aromatic heterocycles. The van der Waals surface area contributed by atoms with Crippen LogP contribution in [0.25, 0.3) is 0 Å². The molecule has 6 atom stereocenters. The standard InChI is InChI=1S/C14H20O3/c1-8-13-11(14(16)17-8)6-9-4-2-3-5-10(9)12(13)7-15/h7-13H,2-6H2,1H3/t8-,9?,10?,11?,12?,13?/m1/s1. The van der Waals surface area contributed by atoms with Gasteiger partial charge in [0.1, 0.15) is 12.4 Å². The molecule has 3 fully saturated rings. The van der Waals surface area contributed by atoms with Crippen LogP contribution < -0.4 is 0 Å². The number of carbonyl (C=O) groups excluding carboxylic acids is 2. The number of fused-ring (bicyclic) bond motifs is 2. The van der Waals surface area contributed by atoms with Crippen LogP contribution in [0.3, 0.4) is 0 Å². The molecule has 0 spiro atoms. The Morgan fingerprint density at radius 2 is 2.06 bits per heavy atom. The van der Waals surface area contributed by atoms with Gasteiger partial charge in [0.15, 0.2) is 0 Å². The molecule has 3 nitrogen and oxygen atoms in total. The number of aldehydes is 1. The molecule has 0 aromatic rings. The molecule has 1 saturated heterocycles. The van der Waals surface area contributed by atoms with Crippen LogP contribution in [0.15, 0.2) is 0 Å². The Bertz CT molecular complexity index is 338. The van der Waals surface area contributed by atoms with Gasteiger partial charge in [-0.25, -0.2) is 0 Å². The second-order valence-electron chi connectivity index (χ2n) is 5.98. The zero-order valence-corrected chi connectivity index (χ0v) is 10.3. The zero-order chi connectivity index (χ0) is 12.0. The van der Waals surface area contributed by atoms with Gasteiger partial charge in [-0.1, -0.05) is 19.3 Å². The monoisotopic (exact) mass is 236 g/mol. The van der Waals surface area contributed by atoms with Gasteiger partial charge < -0.3 is 9.53 Å². The minimum Gasteiger partial charge on any atom is -0.462 e. The minimum atomic E-state index is -0.0643. The van der Waals surface area contributed by atoms with Gasteiger partial charge in [0.05, 0.1) is 5.92 Å². The molecule has 0 amide bonds. The molecule has 0 aromatic carbocycles. The molecule has 2 saturated carbocycles. The van der Waals surface area contributed by atoms with Gasteiger partial charge in [-0.05, 0) is 31.6 Å². The number of ether oxygens (including phenoxy) is 1. The molecule has 94 valence electrons. The Morgan fingerprint density at radius 3 is 2.82 bits per heavy atom. The van der Waals surface area contributed by atoms with Crippen LogP contribution in [0, 0.1) is 29.6 Å². The summed E-state index contributed by atoms with van der Waals surface area (Å²) in [6, 6.07) is 0. The Hall–Kier alpha value is -0.860. The molecule has 0 bridgehead atoms. The summed E-state index contributed by atoms with van der Waals surface area (Å²) < 4.78 is 5.35. The lowest BCUT2D eigenvalue weighted by atomic mass is 9.58. The van der Waals surface area contributed by atoms with Crippen molar-refractivity contribution in [2.75, 3.05) is 0 Å². The number of hydrogen-bond acceptors (Lipinski definition) is 3. The second kappa shape index (κ2) is 4.11. The highest BCUT2D eigenvalue weighted by atomic mass is 16.6. The fourth-order valence-corrected chi connectivity index (χ4v) is 4.51. The highest BCUT2D eigenvalue weighted by molar-refractivity contribution is 5.76. The van der Waals surface area contributed by atoms with Crippen LogP contribution in [-0.2, 0) is 14.3 Å². The van der Waals surface area contributed by atoms with Crippen molar-refractivity contribution in [1.29, 1.82) is 0 Å². The van der Waals surface area contributed by atoms with Gasteiger partial charge in [0.2, 0.25) is 0 Å². The molecule has 5 unspecified atom stereocenters. The summed E-state index contributed by atoms with van der Waals surface area (Å²) in [5.74, 6) is 1.25. The smallest absolute Gasteiger partial charge is 0.309 e. The summed E-state index contributed by atoms with van der Waals surface area (Å²) in [6.45, 7) is 1.95. The summed E-state index contributed by atoms with van der Waals surface area (Å²) in [4.78, 5) is 23.3. The molecule has 3 heteroatoms. The van der Waals surface area contributed by atoms with Crippen LogP contribution in [0.4, 0.5) is 0 Å². The molecule has 1 aliphatic heterocycles. The number of carbonyl (C=O) groups is 2. The molecule has 1 heterocycles. The molecule has 3 aliphatic rings. The lowest BCUT2D eigenvalue weighted by Crippen LogP contribution is -2.44. The summed E-state index contributed by atoms with van der Waals surface area (Å²) in [5, 5.41) is 0. The van der Waals surface area contributed by atoms with Crippen molar-refractivity contribution in [2.24, 2.45) is 29.6 Å². The highest BCUT2D eigenvalue weighted by Crippen LogP contribution is 2.52. The lowest BCUT2D eigenvalue weighted by Gasteiger charge is -2.44. The van der Waals surface area contributed by atoms with Crippen LogP contribution in [-0.4, -0.2) is 18.4 Å². The van der Waals surface area contributed by atoms with Crippen LogP contribution in [0.2, 0.25) is 0 Å². The third-order valence-electron chi connectivity index (χ3n) is 5.23. The molecular weight excluding hydrogens is 216 g/mol. The lowest BCUT2D eigenvalue weighted by molar-refractivity contribution is -0.144. The normalized spacial score (nSPS) is 49.1. The first kappa shape index (κ1) is 11.2. The van der Waals surface area contributed by atoms with Crippen molar-refractivity contribution in [1.82, 2.24) is 0 Å². The number of rotatable bonds is 1. The quantitative estimate of drug-likeness (QED) is 0.518. The van der Waals surface area contributed by atoms with Crippen molar-refractivity contribution < 1.29 is 14.3 Å². The third-order valence-corrected chi connectivity index (χ3v) is 5.23. The van der Waals surface area contributed by atoms with E-state index in [9.17, 15) is 9.59 Å². The van der Waals surface area contributed by atoms with E-state index in [4.69, 9.17) is 4.74 Å². The SMILES string of the molecule is C[C@H]1OC(=O)C2CC3CCCCC3C(C=O)C21. The van der Waals surface area contributed by atoms with E-state index in [0.717, 1.165) is 19.1 Å². The number of cyclic esters (lactones) is 1. The predicted octanol–water partition coefficient (Wildman–Crippen LogP) is 2.19. The summed E-state index contributed by atoms with van der Waals surface area (Å²) in [5.41, 5.74) is 0. The fraction of sp³-hybridized carbons (Fsp3) is 0.857. The van der Waals surface area contributed by atoms with Crippen molar-refractivity contribution in [3.63, 3.8) is 0 Å². The topological polar surface area (TPSA) is 43.4 Å². The molecule has 0 N–H and O–H groups in total. The Kier molecular flexibility index (Phi) is 2.72. The van der Waals surface area contributed by atoms with Gasteiger partial charge in [-0.3, -0.25) is 4.79 Å². The van der Waals surface area contributed by atoms with Gasteiger partial charge in [0.25, 0.3) is 0 Å². The van der Waals surface area contributed by atoms with E-state index in [-0.39, 0.29) is 29.8 Å². The zero-order valence-electron chi connectivity index (χ0n) is 10.3. The highest BCUT2D eigenvalue weighted by Gasteiger charge is 2.54. The van der Waals surface area contributed by atoms with E-state index in [0.29, 0.717) is 11.8 Å². The summed E-state index contributed by atoms with van der Waals surface area (Å²) in [6.07, 6.45) is 6.87. The van der Waals surface area contributed by atoms with Crippen molar-refractivity contribution in [3.8, 4) is 0 Å². The first-order chi connectivity index (χ1) is 8.22. The molecular formula is C14H20O3. The van der Waals surface area contributed by atoms with E-state index in [1.54, 1.807) is 0 Å². The maximum Gasteiger partial charge on any atom is 0.309 e. The number of hydrogen-bond donors (Lipinski definition) is 0. The summed E-state index contributed by atoms with van der Waals surface area (Å²) in [7, 11) is 0. The Balaban J connectivity index is 1.90. The predicted molar refractivity (Wildman–Crippen MR) is 62.2 cm³/mol. The number of esters is 1. The first-order valence-electron chi connectivity index (χ1n) is 6.88. The van der Waals surface area contributed by atoms with Gasteiger partial charge in [-0.15, -0.1) is 0 Å². The van der Waals surface area contributed by atoms with Crippen molar-refractivity contribution >= 4 is 12.3 Å². The fourth-order valence-electron chi connectivity index (χ4n) is 4.51. The third kappa shape index (κ3) is 1.62. The van der Waals surface area contributed by atoms with E-state index < -0.39 is 0 Å². The maximum absolute atomic E-state index is 11.8. The van der Waals surface area contributed by atoms with E-state index in [2.05, 4.69) is 0 Å². The average molecular weight is 236 g/mol. The molecule has 3 rings (SSSR count). The molecule has 17 heavy (non-hydrogen) atoms. The Labute approximate surface area is 102 Å². The van der Waals surface area contributed by atoms with Crippen molar-refractivity contribution in [3.05, 3.63) is 0 Å². The summed E-state index contributed by atoms with van der Waals surface area (Å²) >= 11 is 0. The largest absolute Gasteiger partial charge is 0.462 e. The Morgan fingerprint density at radius 1 is 1.29 bits per heavy atom. The minimum absolute atomic E-state index is 0.000417. The van der Waals surface area contributed by atoms with Gasteiger partial charge in [0, 0.05) is 11.8 Å². The second-order valence-corrected chi connectivity index (χ2v) is 5.98. The van der Waals surface area contributed by atoms with Gasteiger partial charge >= 0.3 is 5.97 Å². The maximum atomic E-state index is 11.8. The van der Waals surface area contributed by atoms with Crippen LogP contribution in [0.5, 0.6) is 0 Å². The van der Waals surface area contributed by atoms with Crippen LogP contribution in [0.1, 0.15) is 39.0 Å².